The molecule has 8 heteroatoms. The minimum Gasteiger partial charge on any atom is -0.496 e. The Morgan fingerprint density at radius 1 is 1.13 bits per heavy atom. The minimum absolute atomic E-state index is 0.150. The van der Waals surface area contributed by atoms with Gasteiger partial charge < -0.3 is 14.5 Å². The largest absolute Gasteiger partial charge is 0.496 e. The van der Waals surface area contributed by atoms with Crippen LogP contribution in [0.1, 0.15) is 39.2 Å². The van der Waals surface area contributed by atoms with E-state index >= 15 is 0 Å². The van der Waals surface area contributed by atoms with Gasteiger partial charge in [0.15, 0.2) is 0 Å². The van der Waals surface area contributed by atoms with Gasteiger partial charge in [0, 0.05) is 37.1 Å². The summed E-state index contributed by atoms with van der Waals surface area (Å²) in [4.78, 5) is 20.3. The molecular formula is C23H24F3N3O2. The Bertz CT molecular complexity index is 1030. The lowest BCUT2D eigenvalue weighted by molar-refractivity contribution is -0.141. The molecule has 1 saturated heterocycles. The third kappa shape index (κ3) is 3.86. The summed E-state index contributed by atoms with van der Waals surface area (Å²) in [5, 5.41) is 0. The van der Waals surface area contributed by atoms with E-state index < -0.39 is 11.9 Å². The summed E-state index contributed by atoms with van der Waals surface area (Å²) >= 11 is 0. The van der Waals surface area contributed by atoms with Crippen molar-refractivity contribution in [1.82, 2.24) is 14.8 Å². The topological polar surface area (TPSA) is 45.7 Å². The van der Waals surface area contributed by atoms with Crippen molar-refractivity contribution in [2.24, 2.45) is 0 Å². The van der Waals surface area contributed by atoms with Crippen LogP contribution in [0.2, 0.25) is 0 Å². The van der Waals surface area contributed by atoms with Crippen molar-refractivity contribution in [3.8, 4) is 5.75 Å². The second-order valence-corrected chi connectivity index (χ2v) is 7.92. The van der Waals surface area contributed by atoms with E-state index in [4.69, 9.17) is 4.74 Å². The van der Waals surface area contributed by atoms with Gasteiger partial charge in [-0.15, -0.1) is 0 Å². The van der Waals surface area contributed by atoms with Crippen LogP contribution in [-0.4, -0.2) is 53.5 Å². The van der Waals surface area contributed by atoms with E-state index in [0.717, 1.165) is 41.3 Å². The fraction of sp³-hybridized carbons (Fsp3) is 0.391. The zero-order chi connectivity index (χ0) is 22.3. The van der Waals surface area contributed by atoms with Crippen molar-refractivity contribution in [3.63, 3.8) is 0 Å². The lowest BCUT2D eigenvalue weighted by atomic mass is 9.99. The van der Waals surface area contributed by atoms with Gasteiger partial charge in [0.25, 0.3) is 5.91 Å². The number of halogens is 3. The normalized spacial score (nSPS) is 18.6. The number of amides is 1. The van der Waals surface area contributed by atoms with Gasteiger partial charge in [-0.25, -0.2) is 0 Å². The van der Waals surface area contributed by atoms with Crippen LogP contribution in [0.15, 0.2) is 36.5 Å². The lowest BCUT2D eigenvalue weighted by Crippen LogP contribution is -2.52. The average Bonchev–Trinajstić information content (AvgIpc) is 3.17. The molecule has 1 amide bonds. The summed E-state index contributed by atoms with van der Waals surface area (Å²) in [6, 6.07) is 6.25. The van der Waals surface area contributed by atoms with Gasteiger partial charge in [-0.2, -0.15) is 13.2 Å². The quantitative estimate of drug-likeness (QED) is 0.727. The number of rotatable bonds is 3. The molecule has 164 valence electrons. The molecule has 0 unspecified atom stereocenters. The lowest BCUT2D eigenvalue weighted by Gasteiger charge is -2.40. The first-order chi connectivity index (χ1) is 14.7. The monoisotopic (exact) mass is 431 g/mol. The Labute approximate surface area is 179 Å². The number of piperazine rings is 1. The van der Waals surface area contributed by atoms with Crippen LogP contribution in [0.25, 0.3) is 5.70 Å². The van der Waals surface area contributed by atoms with Crippen LogP contribution in [0.3, 0.4) is 0 Å². The molecule has 0 saturated carbocycles. The Balaban J connectivity index is 1.47. The molecule has 1 aromatic heterocycles. The predicted octanol–water partition coefficient (Wildman–Crippen LogP) is 4.30. The molecule has 0 aliphatic carbocycles. The van der Waals surface area contributed by atoms with Gasteiger partial charge in [0.2, 0.25) is 0 Å². The van der Waals surface area contributed by atoms with Crippen molar-refractivity contribution in [1.29, 1.82) is 0 Å². The molecule has 1 aromatic carbocycles. The molecule has 0 spiro atoms. The zero-order valence-electron chi connectivity index (χ0n) is 17.7. The van der Waals surface area contributed by atoms with Crippen molar-refractivity contribution in [2.45, 2.75) is 32.5 Å². The minimum atomic E-state index is -4.52. The van der Waals surface area contributed by atoms with E-state index in [-0.39, 0.29) is 17.5 Å². The number of aromatic nitrogens is 1. The standard InChI is InChI=1S/C23H24F3N3O2/c1-14-15(2)20(31-3)8-6-18(14)19-7-5-17-13-28(10-11-29(17)19)22(30)16-4-9-21(27-12-16)23(24,25)26/h4,6-9,12,17H,5,10-11,13H2,1-3H3/t17-/m0/s1. The van der Waals surface area contributed by atoms with E-state index in [2.05, 4.69) is 29.0 Å². The molecule has 2 aliphatic heterocycles. The number of pyridine rings is 1. The maximum atomic E-state index is 12.8. The first-order valence-electron chi connectivity index (χ1n) is 10.1. The molecule has 2 aliphatic rings. The van der Waals surface area contributed by atoms with E-state index in [1.165, 1.54) is 11.6 Å². The second-order valence-electron chi connectivity index (χ2n) is 7.92. The molecule has 0 bridgehead atoms. The molecule has 2 aromatic rings. The molecule has 4 rings (SSSR count). The number of benzene rings is 1. The summed E-state index contributed by atoms with van der Waals surface area (Å²) in [5.41, 5.74) is 3.77. The summed E-state index contributed by atoms with van der Waals surface area (Å²) in [7, 11) is 1.66. The number of hydrogen-bond acceptors (Lipinski definition) is 4. The molecular weight excluding hydrogens is 407 g/mol. The Kier molecular flexibility index (Phi) is 5.41. The van der Waals surface area contributed by atoms with Crippen LogP contribution in [0.4, 0.5) is 13.2 Å². The highest BCUT2D eigenvalue weighted by atomic mass is 19.4. The molecule has 5 nitrogen and oxygen atoms in total. The number of carbonyl (C=O) groups is 1. The van der Waals surface area contributed by atoms with Crippen molar-refractivity contribution in [3.05, 3.63) is 64.5 Å². The van der Waals surface area contributed by atoms with Gasteiger partial charge in [-0.1, -0.05) is 6.08 Å². The number of carbonyl (C=O) groups excluding carboxylic acids is 1. The fourth-order valence-electron chi connectivity index (χ4n) is 4.35. The maximum absolute atomic E-state index is 12.8. The summed E-state index contributed by atoms with van der Waals surface area (Å²) in [6.45, 7) is 5.81. The third-order valence-electron chi connectivity index (χ3n) is 6.20. The molecule has 1 fully saturated rings. The van der Waals surface area contributed by atoms with Crippen LogP contribution >= 0.6 is 0 Å². The summed E-state index contributed by atoms with van der Waals surface area (Å²) in [6.07, 6.45) is -0.488. The highest BCUT2D eigenvalue weighted by Crippen LogP contribution is 2.37. The van der Waals surface area contributed by atoms with E-state index in [1.807, 2.05) is 13.0 Å². The van der Waals surface area contributed by atoms with Crippen LogP contribution in [0, 0.1) is 13.8 Å². The second kappa shape index (κ2) is 7.90. The molecule has 0 radical (unpaired) electrons. The summed E-state index contributed by atoms with van der Waals surface area (Å²) < 4.78 is 43.6. The van der Waals surface area contributed by atoms with Crippen molar-refractivity contribution < 1.29 is 22.7 Å². The molecule has 3 heterocycles. The number of nitrogens with zero attached hydrogens (tertiary/aromatic N) is 3. The van der Waals surface area contributed by atoms with Crippen molar-refractivity contribution >= 4 is 11.6 Å². The first kappa shape index (κ1) is 21.2. The smallest absolute Gasteiger partial charge is 0.433 e. The van der Waals surface area contributed by atoms with Gasteiger partial charge in [0.1, 0.15) is 11.4 Å². The number of alkyl halides is 3. The average molecular weight is 431 g/mol. The number of fused-ring (bicyclic) bond motifs is 1. The maximum Gasteiger partial charge on any atom is 0.433 e. The molecule has 31 heavy (non-hydrogen) atoms. The Hall–Kier alpha value is -3.03. The van der Waals surface area contributed by atoms with Gasteiger partial charge >= 0.3 is 6.18 Å². The van der Waals surface area contributed by atoms with E-state index in [1.54, 1.807) is 12.0 Å². The van der Waals surface area contributed by atoms with Crippen LogP contribution in [-0.2, 0) is 6.18 Å². The van der Waals surface area contributed by atoms with Gasteiger partial charge in [-0.3, -0.25) is 9.78 Å². The van der Waals surface area contributed by atoms with Crippen LogP contribution < -0.4 is 4.74 Å². The number of hydrogen-bond donors (Lipinski definition) is 0. The predicted molar refractivity (Wildman–Crippen MR) is 111 cm³/mol. The van der Waals surface area contributed by atoms with Gasteiger partial charge in [0.05, 0.1) is 18.7 Å². The molecule has 1 atom stereocenters. The number of methoxy groups -OCH3 is 1. The Morgan fingerprint density at radius 3 is 2.55 bits per heavy atom. The fourth-order valence-corrected chi connectivity index (χ4v) is 4.35. The van der Waals surface area contributed by atoms with Crippen LogP contribution in [0.5, 0.6) is 5.75 Å². The molecule has 0 N–H and O–H groups in total. The zero-order valence-corrected chi connectivity index (χ0v) is 17.7. The highest BCUT2D eigenvalue weighted by Gasteiger charge is 2.36. The SMILES string of the molecule is COc1ccc(C2=CC[C@H]3CN(C(=O)c4ccc(C(F)(F)F)nc4)CCN23)c(C)c1C. The number of ether oxygens (including phenoxy) is 1. The third-order valence-corrected chi connectivity index (χ3v) is 6.20. The van der Waals surface area contributed by atoms with Gasteiger partial charge in [-0.05, 0) is 55.7 Å². The first-order valence-corrected chi connectivity index (χ1v) is 10.1. The summed E-state index contributed by atoms with van der Waals surface area (Å²) in [5.74, 6) is 0.572. The van der Waals surface area contributed by atoms with E-state index in [0.29, 0.717) is 19.6 Å². The Morgan fingerprint density at radius 2 is 1.90 bits per heavy atom. The van der Waals surface area contributed by atoms with E-state index in [9.17, 15) is 18.0 Å². The van der Waals surface area contributed by atoms with Crippen molar-refractivity contribution in [2.75, 3.05) is 26.7 Å². The highest BCUT2D eigenvalue weighted by molar-refractivity contribution is 5.94.